The van der Waals surface area contributed by atoms with Gasteiger partial charge >= 0.3 is 11.9 Å². The highest BCUT2D eigenvalue weighted by atomic mass is 19.3. The summed E-state index contributed by atoms with van der Waals surface area (Å²) in [5.74, 6) is -3.44. The maximum Gasteiger partial charge on any atom is 0.326 e. The van der Waals surface area contributed by atoms with E-state index in [9.17, 15) is 33.9 Å². The molecule has 0 saturated heterocycles. The second-order valence-corrected chi connectivity index (χ2v) is 13.3. The Morgan fingerprint density at radius 2 is 1.06 bits per heavy atom. The molecule has 1 aromatic rings. The van der Waals surface area contributed by atoms with Crippen LogP contribution in [0.2, 0.25) is 0 Å². The molecule has 0 aliphatic carbocycles. The number of carboxylic acid groups (broad SMARTS) is 2. The van der Waals surface area contributed by atoms with Gasteiger partial charge in [0.1, 0.15) is 12.1 Å². The highest BCUT2D eigenvalue weighted by molar-refractivity contribution is 5.94. The number of hydrogen-bond donors (Lipinski definition) is 7. The van der Waals surface area contributed by atoms with E-state index in [1.807, 2.05) is 19.1 Å². The highest BCUT2D eigenvalue weighted by Crippen LogP contribution is 2.14. The van der Waals surface area contributed by atoms with Gasteiger partial charge in [0.2, 0.25) is 17.7 Å². The fraction of sp³-hybridized carbons (Fsp3) is 0.692. The summed E-state index contributed by atoms with van der Waals surface area (Å²) in [5.41, 5.74) is 7.10. The van der Waals surface area contributed by atoms with Crippen molar-refractivity contribution in [3.8, 4) is 0 Å². The van der Waals surface area contributed by atoms with E-state index in [2.05, 4.69) is 16.0 Å². The fourth-order valence-electron chi connectivity index (χ4n) is 5.71. The molecule has 0 aliphatic heterocycles. The van der Waals surface area contributed by atoms with Gasteiger partial charge < -0.3 is 31.9 Å². The number of aryl methyl sites for hydroxylation is 1. The molecule has 0 spiro atoms. The molecule has 13 nitrogen and oxygen atoms in total. The van der Waals surface area contributed by atoms with E-state index < -0.39 is 35.8 Å². The van der Waals surface area contributed by atoms with Crippen LogP contribution in [-0.2, 0) is 24.0 Å². The average Bonchev–Trinajstić information content (AvgIpc) is 3.15. The second kappa shape index (κ2) is 33.7. The Labute approximate surface area is 316 Å². The Hall–Kier alpha value is -4.07. The van der Waals surface area contributed by atoms with Crippen LogP contribution in [0.1, 0.15) is 166 Å². The minimum atomic E-state index is -1.15. The summed E-state index contributed by atoms with van der Waals surface area (Å²) in [5, 5.41) is 31.7. The molecule has 0 aliphatic rings. The van der Waals surface area contributed by atoms with Crippen molar-refractivity contribution in [2.75, 3.05) is 6.54 Å². The van der Waals surface area contributed by atoms with Crippen molar-refractivity contribution in [3.63, 3.8) is 0 Å². The molecule has 1 aromatic carbocycles. The zero-order chi connectivity index (χ0) is 41.0. The van der Waals surface area contributed by atoms with Gasteiger partial charge in [0.15, 0.2) is 0 Å². The van der Waals surface area contributed by atoms with Crippen molar-refractivity contribution in [2.45, 2.75) is 168 Å². The van der Waals surface area contributed by atoms with E-state index in [0.29, 0.717) is 37.8 Å². The fourth-order valence-corrected chi connectivity index (χ4v) is 5.71. The Morgan fingerprint density at radius 3 is 1.51 bits per heavy atom. The number of unbranched alkanes of at least 4 members (excludes halogenated alkanes) is 14. The van der Waals surface area contributed by atoms with Crippen molar-refractivity contribution in [2.24, 2.45) is 5.73 Å². The first-order valence-corrected chi connectivity index (χ1v) is 18.8. The van der Waals surface area contributed by atoms with Crippen LogP contribution in [0.4, 0.5) is 4.53 Å². The van der Waals surface area contributed by atoms with E-state index in [-0.39, 0.29) is 43.9 Å². The lowest BCUT2D eigenvalue weighted by Crippen LogP contribution is -2.44. The molecule has 14 heteroatoms. The quantitative estimate of drug-likeness (QED) is 0.0414. The molecule has 0 fully saturated rings. The maximum atomic E-state index is 12.4. The Kier molecular flexibility index (Phi) is 31.2. The van der Waals surface area contributed by atoms with E-state index in [0.717, 1.165) is 44.1 Å². The number of carbonyl (C=O) groups excluding carboxylic acids is 4. The predicted molar refractivity (Wildman–Crippen MR) is 203 cm³/mol. The van der Waals surface area contributed by atoms with Crippen molar-refractivity contribution in [1.29, 1.82) is 0 Å². The number of halogens is 1. The molecular formula is C39H67FN4O9. The molecule has 0 aromatic heterocycles. The average molecular weight is 757 g/mol. The van der Waals surface area contributed by atoms with E-state index >= 15 is 0 Å². The molecule has 2 unspecified atom stereocenters. The minimum absolute atomic E-state index is 0.00772. The molecule has 0 saturated carbocycles. The third kappa shape index (κ3) is 29.1. The van der Waals surface area contributed by atoms with Crippen molar-refractivity contribution in [1.82, 2.24) is 16.0 Å². The third-order valence-corrected chi connectivity index (χ3v) is 8.77. The molecule has 0 bridgehead atoms. The lowest BCUT2D eigenvalue weighted by atomic mass is 10.0. The number of nitrogens with two attached hydrogens (primary N) is 1. The summed E-state index contributed by atoms with van der Waals surface area (Å²) in [7, 11) is 1.25. The molecule has 304 valence electrons. The van der Waals surface area contributed by atoms with Crippen molar-refractivity contribution >= 4 is 35.6 Å². The zero-order valence-electron chi connectivity index (χ0n) is 33.0. The van der Waals surface area contributed by atoms with E-state index in [1.54, 1.807) is 12.1 Å². The smallest absolute Gasteiger partial charge is 0.326 e. The van der Waals surface area contributed by atoms with Gasteiger partial charge in [-0.2, -0.15) is 0 Å². The standard InChI is InChI=1S/C38H62N4O8.CH4.FHO/c1-29-24-26-30(27-25-29)37(48)40-28-17-16-19-31(36(39)47)41-34(44)22-18-20-32(38(49)50)42-33(43)21-14-12-10-8-6-4-2-3-5-7-9-11-13-15-23-35(45)46;;1-2/h24-27,31-32H,2-23,28H2,1H3,(H2,39,47)(H,40,48)(H,41,44)(H,42,43)(H,45,46)(H,49,50);1H4;2H/i;1T;. The van der Waals surface area contributed by atoms with Gasteiger partial charge in [-0.3, -0.25) is 24.0 Å². The normalized spacial score (nSPS) is 11.7. The lowest BCUT2D eigenvalue weighted by Gasteiger charge is -2.17. The largest absolute Gasteiger partial charge is 0.481 e. The van der Waals surface area contributed by atoms with Gasteiger partial charge in [0, 0.05) is 32.7 Å². The molecule has 1 rings (SSSR count). The number of carbonyl (C=O) groups is 6. The third-order valence-electron chi connectivity index (χ3n) is 8.77. The SMILES string of the molecule is Cc1ccc(C(=O)NCCCCC(NC(=O)CCCC(NC(=O)CCCCCCCCCCCCCCCCC(=O)O)C(=O)O)C(N)=O)cc1.OF.[3H]C. The summed E-state index contributed by atoms with van der Waals surface area (Å²) in [6.45, 7) is 2.36. The first-order valence-electron chi connectivity index (χ1n) is 19.8. The van der Waals surface area contributed by atoms with Gasteiger partial charge in [-0.05, 0) is 64.0 Å². The molecule has 0 heterocycles. The summed E-state index contributed by atoms with van der Waals surface area (Å²) in [4.78, 5) is 71.1. The number of amides is 4. The maximum absolute atomic E-state index is 12.4. The van der Waals surface area contributed by atoms with Gasteiger partial charge in [-0.15, -0.1) is 0 Å². The first kappa shape index (κ1) is 48.9. The molecule has 53 heavy (non-hydrogen) atoms. The lowest BCUT2D eigenvalue weighted by molar-refractivity contribution is -0.142. The molecule has 2 atom stereocenters. The van der Waals surface area contributed by atoms with Crippen LogP contribution in [0.15, 0.2) is 24.3 Å². The van der Waals surface area contributed by atoms with Crippen LogP contribution in [0.25, 0.3) is 0 Å². The number of rotatable bonds is 31. The van der Waals surface area contributed by atoms with Gasteiger partial charge in [-0.1, -0.05) is 107 Å². The van der Waals surface area contributed by atoms with Gasteiger partial charge in [0.25, 0.3) is 5.91 Å². The molecular weight excluding hydrogens is 687 g/mol. The summed E-state index contributed by atoms with van der Waals surface area (Å²) >= 11 is 0. The topological polar surface area (TPSA) is 225 Å². The van der Waals surface area contributed by atoms with Crippen LogP contribution < -0.4 is 21.7 Å². The van der Waals surface area contributed by atoms with Crippen LogP contribution in [0, 0.1) is 6.92 Å². The van der Waals surface area contributed by atoms with Crippen molar-refractivity contribution < 1.29 is 50.2 Å². The number of hydrogen-bond acceptors (Lipinski definition) is 7. The van der Waals surface area contributed by atoms with Crippen molar-refractivity contribution in [3.05, 3.63) is 35.4 Å². The summed E-state index contributed by atoms with van der Waals surface area (Å²) < 4.78 is 14.2. The highest BCUT2D eigenvalue weighted by Gasteiger charge is 2.21. The number of primary amides is 1. The Balaban J connectivity index is 0. The summed E-state index contributed by atoms with van der Waals surface area (Å²) in [6.07, 6.45) is 17.4. The number of nitrogens with one attached hydrogen (secondary N) is 3. The second-order valence-electron chi connectivity index (χ2n) is 13.3. The molecule has 0 radical (unpaired) electrons. The molecule has 8 N–H and O–H groups in total. The summed E-state index contributed by atoms with van der Waals surface area (Å²) in [6, 6.07) is 5.28. The minimum Gasteiger partial charge on any atom is -0.481 e. The monoisotopic (exact) mass is 756 g/mol. The number of aliphatic carboxylic acids is 2. The number of carboxylic acids is 2. The Bertz CT molecular complexity index is 1180. The van der Waals surface area contributed by atoms with Crippen LogP contribution in [-0.4, -0.2) is 69.7 Å². The first-order chi connectivity index (χ1) is 26.0. The molecule has 4 amide bonds. The van der Waals surface area contributed by atoms with Crippen LogP contribution in [0.5, 0.6) is 0 Å². The van der Waals surface area contributed by atoms with E-state index in [1.165, 1.54) is 52.3 Å². The van der Waals surface area contributed by atoms with Crippen LogP contribution in [0.3, 0.4) is 0 Å². The van der Waals surface area contributed by atoms with Crippen LogP contribution >= 0.6 is 0 Å². The Morgan fingerprint density at radius 1 is 0.642 bits per heavy atom. The van der Waals surface area contributed by atoms with E-state index in [4.69, 9.17) is 22.0 Å². The van der Waals surface area contributed by atoms with Gasteiger partial charge in [-0.25, -0.2) is 10.1 Å². The zero-order valence-corrected chi connectivity index (χ0v) is 32.0. The van der Waals surface area contributed by atoms with Gasteiger partial charge in [0.05, 0.1) is 0 Å². The predicted octanol–water partition coefficient (Wildman–Crippen LogP) is 6.43. The number of benzene rings is 1.